The molecule has 1 unspecified atom stereocenters. The molecule has 2 nitrogen and oxygen atoms in total. The second kappa shape index (κ2) is 5.02. The van der Waals surface area contributed by atoms with Crippen LogP contribution in [0.15, 0.2) is 35.7 Å². The van der Waals surface area contributed by atoms with Crippen LogP contribution in [-0.2, 0) is 0 Å². The van der Waals surface area contributed by atoms with E-state index in [9.17, 15) is 4.39 Å². The molecule has 0 aliphatic rings. The SMILES string of the molecule is Cc1ccc(F)c(C(NN)c2cc3sccc3s2)c1. The number of hydrogen-bond donors (Lipinski definition) is 2. The lowest BCUT2D eigenvalue weighted by Gasteiger charge is -2.16. The molecule has 0 amide bonds. The van der Waals surface area contributed by atoms with Gasteiger partial charge in [-0.2, -0.15) is 0 Å². The molecule has 2 heterocycles. The number of nitrogens with two attached hydrogens (primary N) is 1. The van der Waals surface area contributed by atoms with Crippen molar-refractivity contribution in [3.05, 3.63) is 57.5 Å². The topological polar surface area (TPSA) is 38.0 Å². The van der Waals surface area contributed by atoms with Gasteiger partial charge in [-0.15, -0.1) is 22.7 Å². The predicted octanol–water partition coefficient (Wildman–Crippen LogP) is 3.96. The van der Waals surface area contributed by atoms with Crippen LogP contribution in [0, 0.1) is 12.7 Å². The molecule has 1 atom stereocenters. The summed E-state index contributed by atoms with van der Waals surface area (Å²) in [5.41, 5.74) is 4.35. The highest BCUT2D eigenvalue weighted by atomic mass is 32.1. The van der Waals surface area contributed by atoms with E-state index in [-0.39, 0.29) is 11.9 Å². The van der Waals surface area contributed by atoms with Gasteiger partial charge in [0.25, 0.3) is 0 Å². The lowest BCUT2D eigenvalue weighted by Crippen LogP contribution is -2.29. The fourth-order valence-electron chi connectivity index (χ4n) is 2.14. The van der Waals surface area contributed by atoms with Crippen LogP contribution in [0.1, 0.15) is 22.0 Å². The van der Waals surface area contributed by atoms with Crippen LogP contribution in [0.2, 0.25) is 0 Å². The molecule has 0 fully saturated rings. The summed E-state index contributed by atoms with van der Waals surface area (Å²) in [6.45, 7) is 1.95. The molecule has 0 saturated heterocycles. The number of aryl methyl sites for hydroxylation is 1. The fraction of sp³-hybridized carbons (Fsp3) is 0.143. The van der Waals surface area contributed by atoms with Gasteiger partial charge in [0.1, 0.15) is 5.82 Å². The van der Waals surface area contributed by atoms with Crippen molar-refractivity contribution in [3.63, 3.8) is 0 Å². The number of nitrogens with one attached hydrogen (secondary N) is 1. The minimum Gasteiger partial charge on any atom is -0.271 e. The third-order valence-electron chi connectivity index (χ3n) is 3.07. The number of benzene rings is 1. The van der Waals surface area contributed by atoms with E-state index in [1.165, 1.54) is 15.5 Å². The molecular weight excluding hydrogens is 279 g/mol. The predicted molar refractivity (Wildman–Crippen MR) is 80.0 cm³/mol. The minimum absolute atomic E-state index is 0.231. The molecule has 0 aliphatic carbocycles. The summed E-state index contributed by atoms with van der Waals surface area (Å²) < 4.78 is 16.4. The molecule has 3 rings (SSSR count). The molecule has 3 N–H and O–H groups in total. The van der Waals surface area contributed by atoms with Gasteiger partial charge in [0, 0.05) is 19.8 Å². The highest BCUT2D eigenvalue weighted by molar-refractivity contribution is 7.27. The van der Waals surface area contributed by atoms with Gasteiger partial charge in [0.2, 0.25) is 0 Å². The summed E-state index contributed by atoms with van der Waals surface area (Å²) in [5, 5.41) is 2.06. The van der Waals surface area contributed by atoms with E-state index < -0.39 is 0 Å². The number of thiophene rings is 2. The lowest BCUT2D eigenvalue weighted by molar-refractivity contribution is 0.564. The van der Waals surface area contributed by atoms with Gasteiger partial charge < -0.3 is 0 Å². The van der Waals surface area contributed by atoms with E-state index in [0.29, 0.717) is 5.56 Å². The Kier molecular flexibility index (Phi) is 3.36. The summed E-state index contributed by atoms with van der Waals surface area (Å²) >= 11 is 3.33. The van der Waals surface area contributed by atoms with Crippen molar-refractivity contribution in [2.45, 2.75) is 13.0 Å². The summed E-state index contributed by atoms with van der Waals surface area (Å²) in [4.78, 5) is 1.04. The standard InChI is InChI=1S/C14H13FN2S2/c1-8-2-3-10(15)9(6-8)14(17-16)13-7-12-11(19-13)4-5-18-12/h2-7,14,17H,16H2,1H3. The Hall–Kier alpha value is -1.27. The smallest absolute Gasteiger partial charge is 0.128 e. The molecule has 0 saturated carbocycles. The van der Waals surface area contributed by atoms with Crippen LogP contribution in [0.4, 0.5) is 4.39 Å². The molecule has 3 aromatic rings. The van der Waals surface area contributed by atoms with Crippen molar-refractivity contribution < 1.29 is 4.39 Å². The Morgan fingerprint density at radius 3 is 2.79 bits per heavy atom. The average Bonchev–Trinajstić information content (AvgIpc) is 2.95. The van der Waals surface area contributed by atoms with Gasteiger partial charge in [-0.3, -0.25) is 5.84 Å². The van der Waals surface area contributed by atoms with Crippen molar-refractivity contribution in [3.8, 4) is 0 Å². The zero-order chi connectivity index (χ0) is 13.4. The van der Waals surface area contributed by atoms with Crippen LogP contribution in [-0.4, -0.2) is 0 Å². The Morgan fingerprint density at radius 2 is 2.05 bits per heavy atom. The maximum atomic E-state index is 14.0. The summed E-state index contributed by atoms with van der Waals surface area (Å²) in [6.07, 6.45) is 0. The first-order chi connectivity index (χ1) is 9.19. The zero-order valence-corrected chi connectivity index (χ0v) is 11.9. The Balaban J connectivity index is 2.09. The molecule has 98 valence electrons. The molecule has 0 spiro atoms. The van der Waals surface area contributed by atoms with Crippen molar-refractivity contribution in [2.24, 2.45) is 5.84 Å². The summed E-state index contributed by atoms with van der Waals surface area (Å²) in [5.74, 6) is 5.41. The van der Waals surface area contributed by atoms with Crippen molar-refractivity contribution in [1.29, 1.82) is 0 Å². The number of hydrogen-bond acceptors (Lipinski definition) is 4. The second-order valence-corrected chi connectivity index (χ2v) is 6.49. The highest BCUT2D eigenvalue weighted by Crippen LogP contribution is 2.36. The summed E-state index contributed by atoms with van der Waals surface area (Å²) in [7, 11) is 0. The van der Waals surface area contributed by atoms with E-state index in [2.05, 4.69) is 22.9 Å². The second-order valence-electron chi connectivity index (χ2n) is 4.42. The Labute approximate surface area is 118 Å². The highest BCUT2D eigenvalue weighted by Gasteiger charge is 2.19. The summed E-state index contributed by atoms with van der Waals surface area (Å²) in [6, 6.07) is 8.95. The number of halogens is 1. The van der Waals surface area contributed by atoms with E-state index in [4.69, 9.17) is 5.84 Å². The molecule has 2 aromatic heterocycles. The lowest BCUT2D eigenvalue weighted by atomic mass is 10.0. The van der Waals surface area contributed by atoms with Crippen LogP contribution in [0.25, 0.3) is 9.40 Å². The zero-order valence-electron chi connectivity index (χ0n) is 10.3. The Bertz CT molecular complexity index is 689. The normalized spacial score (nSPS) is 13.0. The van der Waals surface area contributed by atoms with Gasteiger partial charge in [-0.25, -0.2) is 9.82 Å². The molecule has 0 radical (unpaired) electrons. The maximum absolute atomic E-state index is 14.0. The third kappa shape index (κ3) is 2.30. The van der Waals surface area contributed by atoms with E-state index in [1.54, 1.807) is 28.7 Å². The number of fused-ring (bicyclic) bond motifs is 1. The van der Waals surface area contributed by atoms with Crippen LogP contribution >= 0.6 is 22.7 Å². The van der Waals surface area contributed by atoms with Crippen molar-refractivity contribution >= 4 is 32.1 Å². The molecule has 0 bridgehead atoms. The number of rotatable bonds is 3. The van der Waals surface area contributed by atoms with Crippen molar-refractivity contribution in [1.82, 2.24) is 5.43 Å². The first kappa shape index (κ1) is 12.7. The van der Waals surface area contributed by atoms with Crippen LogP contribution in [0.5, 0.6) is 0 Å². The molecular formula is C14H13FN2S2. The molecule has 5 heteroatoms. The van der Waals surface area contributed by atoms with E-state index in [1.807, 2.05) is 13.0 Å². The van der Waals surface area contributed by atoms with E-state index >= 15 is 0 Å². The third-order valence-corrected chi connectivity index (χ3v) is 5.23. The molecule has 0 aliphatic heterocycles. The van der Waals surface area contributed by atoms with E-state index in [0.717, 1.165) is 10.4 Å². The van der Waals surface area contributed by atoms with Gasteiger partial charge in [0.05, 0.1) is 6.04 Å². The first-order valence-electron chi connectivity index (χ1n) is 5.88. The fourth-order valence-corrected chi connectivity index (χ4v) is 4.34. The largest absolute Gasteiger partial charge is 0.271 e. The van der Waals surface area contributed by atoms with Crippen molar-refractivity contribution in [2.75, 3.05) is 0 Å². The monoisotopic (exact) mass is 292 g/mol. The quantitative estimate of drug-likeness (QED) is 0.566. The van der Waals surface area contributed by atoms with Crippen LogP contribution < -0.4 is 11.3 Å². The van der Waals surface area contributed by atoms with Gasteiger partial charge in [-0.1, -0.05) is 17.7 Å². The van der Waals surface area contributed by atoms with Gasteiger partial charge in [-0.05, 0) is 30.5 Å². The van der Waals surface area contributed by atoms with Crippen LogP contribution in [0.3, 0.4) is 0 Å². The minimum atomic E-state index is -0.301. The Morgan fingerprint density at radius 1 is 1.21 bits per heavy atom. The maximum Gasteiger partial charge on any atom is 0.128 e. The van der Waals surface area contributed by atoms with Gasteiger partial charge >= 0.3 is 0 Å². The molecule has 1 aromatic carbocycles. The van der Waals surface area contributed by atoms with Gasteiger partial charge in [0.15, 0.2) is 0 Å². The average molecular weight is 292 g/mol. The molecule has 19 heavy (non-hydrogen) atoms. The first-order valence-corrected chi connectivity index (χ1v) is 7.58. The number of hydrazine groups is 1.